The molecule has 0 bridgehead atoms. The number of rotatable bonds is 3. The number of urea groups is 1. The van der Waals surface area contributed by atoms with Crippen LogP contribution in [0.25, 0.3) is 0 Å². The van der Waals surface area contributed by atoms with Gasteiger partial charge in [0.2, 0.25) is 0 Å². The summed E-state index contributed by atoms with van der Waals surface area (Å²) < 4.78 is 9.55. The molecule has 0 saturated heterocycles. The molecule has 0 aromatic heterocycles. The lowest BCUT2D eigenvalue weighted by atomic mass is 10.3. The number of carbonyl (C=O) groups is 3. The molecule has 8 heteroatoms. The standard InChI is InChI=1S/C10H15N3O5/c1-4-17-8(14)7-6(3)11-9(15)12-13(7)10(16)18-5-2/h4-5H2,1-3H3,(H2,11,12,15). The van der Waals surface area contributed by atoms with E-state index in [4.69, 9.17) is 9.47 Å². The number of amides is 3. The number of nitrogens with one attached hydrogen (secondary N) is 2. The normalized spacial score (nSPS) is 14.8. The smallest absolute Gasteiger partial charge is 0.433 e. The van der Waals surface area contributed by atoms with E-state index in [1.807, 2.05) is 0 Å². The number of carbonyl (C=O) groups excluding carboxylic acids is 3. The molecule has 0 fully saturated rings. The molecule has 8 nitrogen and oxygen atoms in total. The Bertz CT molecular complexity index is 404. The fourth-order valence-electron chi connectivity index (χ4n) is 1.35. The molecule has 1 heterocycles. The Hall–Kier alpha value is -2.25. The SMILES string of the molecule is CCOC(=O)C1=C(C)NC(=O)NN1C(=O)OCC. The molecule has 0 radical (unpaired) electrons. The number of allylic oxidation sites excluding steroid dienone is 1. The van der Waals surface area contributed by atoms with Gasteiger partial charge in [-0.3, -0.25) is 0 Å². The number of hydrogen-bond donors (Lipinski definition) is 2. The fraction of sp³-hybridized carbons (Fsp3) is 0.500. The molecule has 0 aliphatic carbocycles. The van der Waals surface area contributed by atoms with E-state index in [2.05, 4.69) is 10.7 Å². The van der Waals surface area contributed by atoms with Crippen molar-refractivity contribution in [1.82, 2.24) is 15.8 Å². The van der Waals surface area contributed by atoms with Crippen LogP contribution in [0.15, 0.2) is 11.4 Å². The molecule has 0 atom stereocenters. The summed E-state index contributed by atoms with van der Waals surface area (Å²) in [5.41, 5.74) is 2.28. The minimum absolute atomic E-state index is 0.102. The molecule has 0 spiro atoms. The molecule has 100 valence electrons. The highest BCUT2D eigenvalue weighted by Gasteiger charge is 2.33. The third-order valence-corrected chi connectivity index (χ3v) is 2.01. The summed E-state index contributed by atoms with van der Waals surface area (Å²) in [5.74, 6) is -0.726. The summed E-state index contributed by atoms with van der Waals surface area (Å²) in [7, 11) is 0. The maximum atomic E-state index is 11.7. The van der Waals surface area contributed by atoms with Gasteiger partial charge in [0.1, 0.15) is 0 Å². The number of ether oxygens (including phenoxy) is 2. The van der Waals surface area contributed by atoms with Crippen LogP contribution in [0, 0.1) is 0 Å². The zero-order valence-electron chi connectivity index (χ0n) is 10.4. The summed E-state index contributed by atoms with van der Waals surface area (Å²) in [5, 5.41) is 3.11. The Morgan fingerprint density at radius 1 is 1.22 bits per heavy atom. The van der Waals surface area contributed by atoms with Gasteiger partial charge in [-0.25, -0.2) is 19.8 Å². The Morgan fingerprint density at radius 3 is 2.39 bits per heavy atom. The van der Waals surface area contributed by atoms with Crippen LogP contribution in [0.3, 0.4) is 0 Å². The summed E-state index contributed by atoms with van der Waals surface area (Å²) in [6.07, 6.45) is -0.852. The minimum atomic E-state index is -0.852. The van der Waals surface area contributed by atoms with Gasteiger partial charge in [0, 0.05) is 5.70 Å². The second-order valence-corrected chi connectivity index (χ2v) is 3.29. The lowest BCUT2D eigenvalue weighted by molar-refractivity contribution is -0.140. The highest BCUT2D eigenvalue weighted by atomic mass is 16.6. The third-order valence-electron chi connectivity index (χ3n) is 2.01. The molecule has 0 aromatic carbocycles. The summed E-state index contributed by atoms with van der Waals surface area (Å²) >= 11 is 0. The second kappa shape index (κ2) is 5.89. The molecule has 18 heavy (non-hydrogen) atoms. The zero-order chi connectivity index (χ0) is 13.7. The van der Waals surface area contributed by atoms with Gasteiger partial charge in [0.15, 0.2) is 5.70 Å². The number of hydrazine groups is 1. The van der Waals surface area contributed by atoms with Gasteiger partial charge in [-0.05, 0) is 20.8 Å². The van der Waals surface area contributed by atoms with Crippen molar-refractivity contribution < 1.29 is 23.9 Å². The van der Waals surface area contributed by atoms with Crippen LogP contribution in [0.2, 0.25) is 0 Å². The minimum Gasteiger partial charge on any atom is -0.461 e. The average Bonchev–Trinajstić information content (AvgIpc) is 2.28. The van der Waals surface area contributed by atoms with Crippen LogP contribution in [0.4, 0.5) is 9.59 Å². The van der Waals surface area contributed by atoms with E-state index in [0.29, 0.717) is 0 Å². The Balaban J connectivity index is 3.03. The summed E-state index contributed by atoms with van der Waals surface area (Å²) in [6.45, 7) is 5.01. The van der Waals surface area contributed by atoms with Crippen molar-refractivity contribution in [2.24, 2.45) is 0 Å². The second-order valence-electron chi connectivity index (χ2n) is 3.29. The monoisotopic (exact) mass is 257 g/mol. The van der Waals surface area contributed by atoms with Crippen LogP contribution in [0.5, 0.6) is 0 Å². The average molecular weight is 257 g/mol. The maximum absolute atomic E-state index is 11.7. The molecule has 1 aliphatic heterocycles. The first kappa shape index (κ1) is 13.8. The zero-order valence-corrected chi connectivity index (χ0v) is 10.4. The van der Waals surface area contributed by atoms with Gasteiger partial charge < -0.3 is 14.8 Å². The molecule has 0 aromatic rings. The van der Waals surface area contributed by atoms with Gasteiger partial charge in [0.05, 0.1) is 13.2 Å². The lowest BCUT2D eigenvalue weighted by Crippen LogP contribution is -2.55. The first-order chi connectivity index (χ1) is 8.51. The van der Waals surface area contributed by atoms with Crippen LogP contribution < -0.4 is 10.7 Å². The van der Waals surface area contributed by atoms with E-state index in [-0.39, 0.29) is 24.6 Å². The lowest BCUT2D eigenvalue weighted by Gasteiger charge is -2.29. The highest BCUT2D eigenvalue weighted by molar-refractivity contribution is 5.96. The van der Waals surface area contributed by atoms with E-state index >= 15 is 0 Å². The van der Waals surface area contributed by atoms with Crippen molar-refractivity contribution >= 4 is 18.1 Å². The van der Waals surface area contributed by atoms with Gasteiger partial charge in [-0.15, -0.1) is 0 Å². The predicted octanol–water partition coefficient (Wildman–Crippen LogP) is 0.467. The van der Waals surface area contributed by atoms with E-state index in [9.17, 15) is 14.4 Å². The largest absolute Gasteiger partial charge is 0.461 e. The summed E-state index contributed by atoms with van der Waals surface area (Å²) in [6, 6.07) is -0.631. The van der Waals surface area contributed by atoms with Crippen LogP contribution in [-0.4, -0.2) is 36.3 Å². The molecule has 1 rings (SSSR count). The molecular formula is C10H15N3O5. The van der Waals surface area contributed by atoms with Gasteiger partial charge in [-0.1, -0.05) is 0 Å². The van der Waals surface area contributed by atoms with Crippen LogP contribution in [0.1, 0.15) is 20.8 Å². The first-order valence-corrected chi connectivity index (χ1v) is 5.43. The van der Waals surface area contributed by atoms with Crippen molar-refractivity contribution in [3.05, 3.63) is 11.4 Å². The quantitative estimate of drug-likeness (QED) is 0.716. The predicted molar refractivity (Wildman–Crippen MR) is 59.9 cm³/mol. The molecule has 1 aliphatic rings. The van der Waals surface area contributed by atoms with Crippen molar-refractivity contribution in [3.63, 3.8) is 0 Å². The number of hydrogen-bond acceptors (Lipinski definition) is 5. The maximum Gasteiger partial charge on any atom is 0.433 e. The topological polar surface area (TPSA) is 97.0 Å². The molecular weight excluding hydrogens is 242 g/mol. The van der Waals surface area contributed by atoms with Gasteiger partial charge in [0.25, 0.3) is 0 Å². The number of esters is 1. The molecule has 0 saturated carbocycles. The van der Waals surface area contributed by atoms with E-state index in [0.717, 1.165) is 5.01 Å². The number of nitrogens with zero attached hydrogens (tertiary/aromatic N) is 1. The molecule has 2 N–H and O–H groups in total. The third kappa shape index (κ3) is 2.90. The summed E-state index contributed by atoms with van der Waals surface area (Å²) in [4.78, 5) is 34.6. The molecule has 3 amide bonds. The highest BCUT2D eigenvalue weighted by Crippen LogP contribution is 2.14. The molecule has 0 unspecified atom stereocenters. The van der Waals surface area contributed by atoms with E-state index < -0.39 is 18.1 Å². The Morgan fingerprint density at radius 2 is 1.83 bits per heavy atom. The van der Waals surface area contributed by atoms with Crippen molar-refractivity contribution in [1.29, 1.82) is 0 Å². The first-order valence-electron chi connectivity index (χ1n) is 5.43. The van der Waals surface area contributed by atoms with Gasteiger partial charge in [-0.2, -0.15) is 5.01 Å². The van der Waals surface area contributed by atoms with Crippen molar-refractivity contribution in [2.45, 2.75) is 20.8 Å². The van der Waals surface area contributed by atoms with E-state index in [1.54, 1.807) is 13.8 Å². The fourth-order valence-corrected chi connectivity index (χ4v) is 1.35. The van der Waals surface area contributed by atoms with E-state index in [1.165, 1.54) is 6.92 Å². The van der Waals surface area contributed by atoms with Crippen molar-refractivity contribution in [2.75, 3.05) is 13.2 Å². The van der Waals surface area contributed by atoms with Crippen LogP contribution in [-0.2, 0) is 14.3 Å². The Kier molecular flexibility index (Phi) is 4.52. The van der Waals surface area contributed by atoms with Crippen molar-refractivity contribution in [3.8, 4) is 0 Å². The van der Waals surface area contributed by atoms with Gasteiger partial charge >= 0.3 is 18.1 Å². The van der Waals surface area contributed by atoms with Crippen LogP contribution >= 0.6 is 0 Å². The Labute approximate surface area is 104 Å².